The third kappa shape index (κ3) is 2.73. The van der Waals surface area contributed by atoms with Crippen molar-refractivity contribution in [2.75, 3.05) is 19.8 Å². The SMILES string of the molecule is NCC(OCCCO)C1CCC1. The van der Waals surface area contributed by atoms with Gasteiger partial charge in [0.25, 0.3) is 0 Å². The van der Waals surface area contributed by atoms with Crippen molar-refractivity contribution in [3.8, 4) is 0 Å². The van der Waals surface area contributed by atoms with E-state index in [-0.39, 0.29) is 12.7 Å². The lowest BCUT2D eigenvalue weighted by Gasteiger charge is -2.32. The minimum Gasteiger partial charge on any atom is -0.396 e. The second-order valence-corrected chi connectivity index (χ2v) is 3.41. The molecule has 1 aliphatic rings. The minimum absolute atomic E-state index is 0.210. The van der Waals surface area contributed by atoms with E-state index in [9.17, 15) is 0 Å². The molecule has 0 aromatic heterocycles. The lowest BCUT2D eigenvalue weighted by molar-refractivity contribution is -0.0124. The smallest absolute Gasteiger partial charge is 0.0725 e. The standard InChI is InChI=1S/C9H19NO2/c10-7-9(8-3-1-4-8)12-6-2-5-11/h8-9,11H,1-7,10H2. The lowest BCUT2D eigenvalue weighted by Crippen LogP contribution is -2.36. The van der Waals surface area contributed by atoms with Crippen molar-refractivity contribution in [2.45, 2.75) is 31.8 Å². The van der Waals surface area contributed by atoms with Gasteiger partial charge in [0, 0.05) is 19.8 Å². The van der Waals surface area contributed by atoms with Crippen molar-refractivity contribution in [2.24, 2.45) is 11.7 Å². The predicted octanol–water partition coefficient (Wildman–Crippen LogP) is 0.513. The second-order valence-electron chi connectivity index (χ2n) is 3.41. The molecule has 0 bridgehead atoms. The molecular weight excluding hydrogens is 154 g/mol. The zero-order chi connectivity index (χ0) is 8.81. The van der Waals surface area contributed by atoms with E-state index in [0.717, 1.165) is 6.42 Å². The Balaban J connectivity index is 2.07. The van der Waals surface area contributed by atoms with Crippen LogP contribution in [0.3, 0.4) is 0 Å². The summed E-state index contributed by atoms with van der Waals surface area (Å²) < 4.78 is 5.55. The van der Waals surface area contributed by atoms with E-state index in [2.05, 4.69) is 0 Å². The van der Waals surface area contributed by atoms with Crippen LogP contribution in [0.25, 0.3) is 0 Å². The van der Waals surface area contributed by atoms with Gasteiger partial charge in [-0.1, -0.05) is 6.42 Å². The molecule has 3 N–H and O–H groups in total. The van der Waals surface area contributed by atoms with Gasteiger partial charge < -0.3 is 15.6 Å². The Morgan fingerprint density at radius 3 is 2.67 bits per heavy atom. The Bertz CT molecular complexity index is 115. The number of rotatable bonds is 6. The molecule has 3 nitrogen and oxygen atoms in total. The monoisotopic (exact) mass is 173 g/mol. The fourth-order valence-corrected chi connectivity index (χ4v) is 1.51. The van der Waals surface area contributed by atoms with Gasteiger partial charge in [0.1, 0.15) is 0 Å². The zero-order valence-corrected chi connectivity index (χ0v) is 7.54. The first-order chi connectivity index (χ1) is 5.88. The Hall–Kier alpha value is -0.120. The highest BCUT2D eigenvalue weighted by Crippen LogP contribution is 2.30. The maximum absolute atomic E-state index is 8.55. The highest BCUT2D eigenvalue weighted by atomic mass is 16.5. The summed E-state index contributed by atoms with van der Waals surface area (Å²) in [4.78, 5) is 0. The van der Waals surface area contributed by atoms with Gasteiger partial charge in [-0.2, -0.15) is 0 Å². The first-order valence-corrected chi connectivity index (χ1v) is 4.81. The van der Waals surface area contributed by atoms with Gasteiger partial charge in [-0.25, -0.2) is 0 Å². The molecule has 0 spiro atoms. The predicted molar refractivity (Wildman–Crippen MR) is 47.8 cm³/mol. The Morgan fingerprint density at radius 2 is 2.25 bits per heavy atom. The van der Waals surface area contributed by atoms with Crippen molar-refractivity contribution >= 4 is 0 Å². The van der Waals surface area contributed by atoms with Gasteiger partial charge in [0.2, 0.25) is 0 Å². The Morgan fingerprint density at radius 1 is 1.50 bits per heavy atom. The summed E-state index contributed by atoms with van der Waals surface area (Å²) in [6.07, 6.45) is 4.82. The number of nitrogens with two attached hydrogens (primary N) is 1. The van der Waals surface area contributed by atoms with Gasteiger partial charge in [-0.05, 0) is 25.2 Å². The van der Waals surface area contributed by atoms with Crippen molar-refractivity contribution < 1.29 is 9.84 Å². The van der Waals surface area contributed by atoms with Crippen LogP contribution in [-0.2, 0) is 4.74 Å². The van der Waals surface area contributed by atoms with Crippen LogP contribution in [0.15, 0.2) is 0 Å². The van der Waals surface area contributed by atoms with Gasteiger partial charge in [0.15, 0.2) is 0 Å². The van der Waals surface area contributed by atoms with E-state index in [1.165, 1.54) is 19.3 Å². The fraction of sp³-hybridized carbons (Fsp3) is 1.00. The number of aliphatic hydroxyl groups excluding tert-OH is 1. The molecular formula is C9H19NO2. The molecule has 0 amide bonds. The quantitative estimate of drug-likeness (QED) is 0.575. The Kier molecular flexibility index (Phi) is 4.58. The van der Waals surface area contributed by atoms with Crippen LogP contribution in [0.4, 0.5) is 0 Å². The molecule has 0 aromatic rings. The van der Waals surface area contributed by atoms with Crippen LogP contribution in [0.5, 0.6) is 0 Å². The van der Waals surface area contributed by atoms with E-state index in [1.54, 1.807) is 0 Å². The molecule has 72 valence electrons. The molecule has 0 aliphatic heterocycles. The van der Waals surface area contributed by atoms with E-state index >= 15 is 0 Å². The van der Waals surface area contributed by atoms with Crippen molar-refractivity contribution in [3.05, 3.63) is 0 Å². The largest absolute Gasteiger partial charge is 0.396 e. The summed E-state index contributed by atoms with van der Waals surface area (Å²) >= 11 is 0. The molecule has 1 fully saturated rings. The summed E-state index contributed by atoms with van der Waals surface area (Å²) in [5, 5.41) is 8.55. The average Bonchev–Trinajstić information content (AvgIpc) is 1.99. The molecule has 0 aromatic carbocycles. The average molecular weight is 173 g/mol. The molecule has 0 heterocycles. The van der Waals surface area contributed by atoms with Crippen molar-refractivity contribution in [3.63, 3.8) is 0 Å². The van der Waals surface area contributed by atoms with Crippen LogP contribution in [0.2, 0.25) is 0 Å². The first-order valence-electron chi connectivity index (χ1n) is 4.81. The second kappa shape index (κ2) is 5.51. The fourth-order valence-electron chi connectivity index (χ4n) is 1.51. The van der Waals surface area contributed by atoms with E-state index in [0.29, 0.717) is 19.1 Å². The minimum atomic E-state index is 0.210. The summed E-state index contributed by atoms with van der Waals surface area (Å²) in [6.45, 7) is 1.48. The van der Waals surface area contributed by atoms with Crippen LogP contribution in [0.1, 0.15) is 25.7 Å². The van der Waals surface area contributed by atoms with E-state index in [4.69, 9.17) is 15.6 Å². The highest BCUT2D eigenvalue weighted by molar-refractivity contribution is 4.78. The van der Waals surface area contributed by atoms with Crippen molar-refractivity contribution in [1.82, 2.24) is 0 Å². The van der Waals surface area contributed by atoms with Crippen LogP contribution in [0, 0.1) is 5.92 Å². The number of hydrogen-bond donors (Lipinski definition) is 2. The van der Waals surface area contributed by atoms with Gasteiger partial charge in [-0.15, -0.1) is 0 Å². The summed E-state index contributed by atoms with van der Waals surface area (Å²) in [7, 11) is 0. The van der Waals surface area contributed by atoms with Crippen LogP contribution in [-0.4, -0.2) is 31.0 Å². The third-order valence-electron chi connectivity index (χ3n) is 2.54. The molecule has 12 heavy (non-hydrogen) atoms. The Labute approximate surface area is 73.9 Å². The maximum Gasteiger partial charge on any atom is 0.0725 e. The molecule has 0 saturated heterocycles. The topological polar surface area (TPSA) is 55.5 Å². The molecule has 1 unspecified atom stereocenters. The molecule has 3 heteroatoms. The molecule has 1 aliphatic carbocycles. The molecule has 1 atom stereocenters. The summed E-state index contributed by atoms with van der Waals surface area (Å²) in [5.41, 5.74) is 5.58. The number of aliphatic hydroxyl groups is 1. The van der Waals surface area contributed by atoms with Gasteiger partial charge in [0.05, 0.1) is 6.10 Å². The molecule has 1 rings (SSSR count). The van der Waals surface area contributed by atoms with Crippen LogP contribution >= 0.6 is 0 Å². The number of hydrogen-bond acceptors (Lipinski definition) is 3. The molecule has 0 radical (unpaired) electrons. The van der Waals surface area contributed by atoms with Crippen LogP contribution < -0.4 is 5.73 Å². The summed E-state index contributed by atoms with van der Waals surface area (Å²) in [5.74, 6) is 0.689. The van der Waals surface area contributed by atoms with Crippen molar-refractivity contribution in [1.29, 1.82) is 0 Å². The maximum atomic E-state index is 8.55. The van der Waals surface area contributed by atoms with E-state index < -0.39 is 0 Å². The van der Waals surface area contributed by atoms with Gasteiger partial charge >= 0.3 is 0 Å². The number of ether oxygens (including phenoxy) is 1. The van der Waals surface area contributed by atoms with Gasteiger partial charge in [-0.3, -0.25) is 0 Å². The molecule has 1 saturated carbocycles. The normalized spacial score (nSPS) is 20.5. The van der Waals surface area contributed by atoms with E-state index in [1.807, 2.05) is 0 Å². The summed E-state index contributed by atoms with van der Waals surface area (Å²) in [6, 6.07) is 0. The lowest BCUT2D eigenvalue weighted by atomic mass is 9.81. The zero-order valence-electron chi connectivity index (χ0n) is 7.54. The highest BCUT2D eigenvalue weighted by Gasteiger charge is 2.26. The third-order valence-corrected chi connectivity index (χ3v) is 2.54. The first kappa shape index (κ1) is 9.96.